The Kier molecular flexibility index (Phi) is 10.2. The Morgan fingerprint density at radius 1 is 1.11 bits per heavy atom. The minimum atomic E-state index is -0.538. The normalized spacial score (nSPS) is 13.4. The molecule has 0 unspecified atom stereocenters. The molecule has 0 saturated heterocycles. The number of rotatable bonds is 12. The van der Waals surface area contributed by atoms with Gasteiger partial charge in [-0.25, -0.2) is 0 Å². The van der Waals surface area contributed by atoms with Crippen molar-refractivity contribution in [1.82, 2.24) is 25.5 Å². The van der Waals surface area contributed by atoms with E-state index in [2.05, 4.69) is 32.8 Å². The zero-order valence-electron chi connectivity index (χ0n) is 25.3. The standard InChI is InChI=1S/C32H38N8O4/c1-5-19-13-14-36-22(15-19)18-40(3)32(43)25-12-11-21(17-37-25)23-7-6-8-24(29(23)44-4)38-26(28(34)31(42)35-2)16-27(33)39-30(41)20-9-10-20/h6-8,11-17,20,38H,5,9-10,18,33-34H2,1-4H3,(H,35,42)(H,39,41)/b27-16+,28-26+. The largest absolute Gasteiger partial charge is 0.494 e. The van der Waals surface area contributed by atoms with Gasteiger partial charge in [0.15, 0.2) is 0 Å². The first-order valence-electron chi connectivity index (χ1n) is 14.2. The van der Waals surface area contributed by atoms with Crippen LogP contribution in [0.5, 0.6) is 5.75 Å². The molecule has 1 aliphatic carbocycles. The molecule has 12 heteroatoms. The number of amides is 3. The van der Waals surface area contributed by atoms with E-state index in [1.54, 1.807) is 48.6 Å². The van der Waals surface area contributed by atoms with Crippen molar-refractivity contribution in [3.8, 4) is 16.9 Å². The summed E-state index contributed by atoms with van der Waals surface area (Å²) >= 11 is 0. The number of pyridine rings is 2. The second-order valence-electron chi connectivity index (χ2n) is 10.4. The molecule has 12 nitrogen and oxygen atoms in total. The van der Waals surface area contributed by atoms with Crippen LogP contribution in [0.4, 0.5) is 5.69 Å². The zero-order chi connectivity index (χ0) is 31.8. The van der Waals surface area contributed by atoms with Crippen LogP contribution >= 0.6 is 0 Å². The van der Waals surface area contributed by atoms with Crippen molar-refractivity contribution in [1.29, 1.82) is 0 Å². The summed E-state index contributed by atoms with van der Waals surface area (Å²) in [6, 6.07) is 12.8. The first-order valence-corrected chi connectivity index (χ1v) is 14.2. The Hall–Kier alpha value is -5.39. The molecule has 4 rings (SSSR count). The molecule has 44 heavy (non-hydrogen) atoms. The predicted octanol–water partition coefficient (Wildman–Crippen LogP) is 2.64. The Morgan fingerprint density at radius 2 is 1.89 bits per heavy atom. The third kappa shape index (κ3) is 7.71. The van der Waals surface area contributed by atoms with Gasteiger partial charge in [-0.2, -0.15) is 0 Å². The smallest absolute Gasteiger partial charge is 0.272 e. The molecule has 2 aromatic heterocycles. The fraction of sp³-hybridized carbons (Fsp3) is 0.281. The minimum Gasteiger partial charge on any atom is -0.494 e. The second-order valence-corrected chi connectivity index (χ2v) is 10.4. The van der Waals surface area contributed by atoms with Gasteiger partial charge >= 0.3 is 0 Å². The van der Waals surface area contributed by atoms with Crippen molar-refractivity contribution >= 4 is 23.4 Å². The van der Waals surface area contributed by atoms with Crippen molar-refractivity contribution in [2.75, 3.05) is 26.5 Å². The molecular formula is C32H38N8O4. The van der Waals surface area contributed by atoms with Crippen LogP contribution < -0.4 is 32.2 Å². The number of hydrogen-bond donors (Lipinski definition) is 5. The lowest BCUT2D eigenvalue weighted by molar-refractivity contribution is -0.121. The molecule has 0 bridgehead atoms. The highest BCUT2D eigenvalue weighted by Crippen LogP contribution is 2.37. The number of carbonyl (C=O) groups is 3. The molecule has 3 aromatic rings. The number of para-hydroxylation sites is 1. The lowest BCUT2D eigenvalue weighted by atomic mass is 10.0. The lowest BCUT2D eigenvalue weighted by Gasteiger charge is -2.18. The number of ether oxygens (including phenoxy) is 1. The summed E-state index contributed by atoms with van der Waals surface area (Å²) in [6.45, 7) is 2.43. The summed E-state index contributed by atoms with van der Waals surface area (Å²) in [6.07, 6.45) is 7.26. The van der Waals surface area contributed by atoms with Crippen molar-refractivity contribution in [3.63, 3.8) is 0 Å². The average molecular weight is 599 g/mol. The van der Waals surface area contributed by atoms with Gasteiger partial charge in [-0.05, 0) is 49.1 Å². The molecule has 3 amide bonds. The fourth-order valence-corrected chi connectivity index (χ4v) is 4.47. The summed E-state index contributed by atoms with van der Waals surface area (Å²) in [7, 11) is 4.68. The third-order valence-corrected chi connectivity index (χ3v) is 7.09. The van der Waals surface area contributed by atoms with Crippen LogP contribution in [0.25, 0.3) is 11.1 Å². The summed E-state index contributed by atoms with van der Waals surface area (Å²) in [5.41, 5.74) is 16.3. The second kappa shape index (κ2) is 14.2. The van der Waals surface area contributed by atoms with E-state index in [9.17, 15) is 14.4 Å². The minimum absolute atomic E-state index is 0.0367. The number of nitrogens with one attached hydrogen (secondary N) is 3. The molecule has 1 aromatic carbocycles. The van der Waals surface area contributed by atoms with E-state index < -0.39 is 5.91 Å². The number of likely N-dealkylation sites (N-methyl/N-ethyl adjacent to an activating group) is 1. The van der Waals surface area contributed by atoms with Crippen LogP contribution in [0.1, 0.15) is 41.5 Å². The zero-order valence-corrected chi connectivity index (χ0v) is 25.3. The van der Waals surface area contributed by atoms with Gasteiger partial charge in [0.05, 0.1) is 30.7 Å². The first kappa shape index (κ1) is 31.5. The Labute approximate surface area is 256 Å². The first-order chi connectivity index (χ1) is 21.1. The summed E-state index contributed by atoms with van der Waals surface area (Å²) < 4.78 is 5.75. The third-order valence-electron chi connectivity index (χ3n) is 7.09. The molecule has 0 spiro atoms. The summed E-state index contributed by atoms with van der Waals surface area (Å²) in [4.78, 5) is 48.1. The molecule has 1 aliphatic rings. The Bertz CT molecular complexity index is 1600. The van der Waals surface area contributed by atoms with Gasteiger partial charge in [-0.1, -0.05) is 25.1 Å². The molecule has 0 radical (unpaired) electrons. The van der Waals surface area contributed by atoms with Crippen LogP contribution in [0.15, 0.2) is 78.1 Å². The van der Waals surface area contributed by atoms with E-state index in [0.717, 1.165) is 30.5 Å². The van der Waals surface area contributed by atoms with Gasteiger partial charge in [0.1, 0.15) is 23.0 Å². The summed E-state index contributed by atoms with van der Waals surface area (Å²) in [5.74, 6) is -0.540. The van der Waals surface area contributed by atoms with Crippen LogP contribution in [-0.2, 0) is 22.6 Å². The van der Waals surface area contributed by atoms with Crippen LogP contribution in [-0.4, -0.2) is 53.8 Å². The van der Waals surface area contributed by atoms with E-state index in [1.807, 2.05) is 18.2 Å². The predicted molar refractivity (Wildman–Crippen MR) is 168 cm³/mol. The number of anilines is 1. The molecule has 0 aliphatic heterocycles. The van der Waals surface area contributed by atoms with Crippen LogP contribution in [0, 0.1) is 5.92 Å². The van der Waals surface area contributed by atoms with Gasteiger partial charge in [0.2, 0.25) is 5.91 Å². The van der Waals surface area contributed by atoms with Gasteiger partial charge in [0, 0.05) is 49.6 Å². The van der Waals surface area contributed by atoms with Gasteiger partial charge < -0.3 is 37.1 Å². The quantitative estimate of drug-likeness (QED) is 0.155. The van der Waals surface area contributed by atoms with E-state index in [-0.39, 0.29) is 40.6 Å². The molecule has 7 N–H and O–H groups in total. The van der Waals surface area contributed by atoms with E-state index in [4.69, 9.17) is 16.2 Å². The van der Waals surface area contributed by atoms with Crippen molar-refractivity contribution < 1.29 is 19.1 Å². The van der Waals surface area contributed by atoms with Crippen molar-refractivity contribution in [2.45, 2.75) is 32.7 Å². The highest BCUT2D eigenvalue weighted by molar-refractivity contribution is 5.95. The van der Waals surface area contributed by atoms with E-state index in [0.29, 0.717) is 29.1 Å². The monoisotopic (exact) mass is 598 g/mol. The van der Waals surface area contributed by atoms with Crippen LogP contribution in [0.2, 0.25) is 0 Å². The van der Waals surface area contributed by atoms with E-state index >= 15 is 0 Å². The molecule has 1 saturated carbocycles. The molecule has 2 heterocycles. The molecular weight excluding hydrogens is 560 g/mol. The number of aromatic nitrogens is 2. The summed E-state index contributed by atoms with van der Waals surface area (Å²) in [5, 5.41) is 8.25. The van der Waals surface area contributed by atoms with Crippen molar-refractivity contribution in [3.05, 3.63) is 95.1 Å². The lowest BCUT2D eigenvalue weighted by Crippen LogP contribution is -2.31. The number of hydrogen-bond acceptors (Lipinski definition) is 9. The average Bonchev–Trinajstić information content (AvgIpc) is 3.89. The Morgan fingerprint density at radius 3 is 2.52 bits per heavy atom. The van der Waals surface area contributed by atoms with E-state index in [1.165, 1.54) is 20.2 Å². The molecule has 230 valence electrons. The van der Waals surface area contributed by atoms with Gasteiger partial charge in [-0.3, -0.25) is 24.4 Å². The SMILES string of the molecule is CCc1ccnc(CN(C)C(=O)c2ccc(-c3cccc(NC(/C=C(\N)NC(=O)C4CC4)=C(/N)C(=O)NC)c3OC)cn2)c1. The molecule has 0 atom stereocenters. The van der Waals surface area contributed by atoms with Gasteiger partial charge in [-0.15, -0.1) is 0 Å². The van der Waals surface area contributed by atoms with Gasteiger partial charge in [0.25, 0.3) is 11.8 Å². The number of carbonyl (C=O) groups excluding carboxylic acids is 3. The maximum atomic E-state index is 13.1. The number of nitrogens with two attached hydrogens (primary N) is 2. The fourth-order valence-electron chi connectivity index (χ4n) is 4.47. The molecule has 1 fully saturated rings. The number of aryl methyl sites for hydroxylation is 1. The Balaban J connectivity index is 1.57. The van der Waals surface area contributed by atoms with Crippen molar-refractivity contribution in [2.24, 2.45) is 17.4 Å². The highest BCUT2D eigenvalue weighted by Gasteiger charge is 2.29. The number of allylic oxidation sites excluding steroid dienone is 1. The number of nitrogens with zero attached hydrogens (tertiary/aromatic N) is 3. The highest BCUT2D eigenvalue weighted by atomic mass is 16.5. The number of methoxy groups -OCH3 is 1. The maximum Gasteiger partial charge on any atom is 0.272 e. The maximum absolute atomic E-state index is 13.1. The topological polar surface area (TPSA) is 178 Å². The van der Waals surface area contributed by atoms with Crippen LogP contribution in [0.3, 0.4) is 0 Å². The number of benzene rings is 1.